The number of nitrogens with zero attached hydrogens (tertiary/aromatic N) is 3. The summed E-state index contributed by atoms with van der Waals surface area (Å²) in [4.78, 5) is 4.19. The van der Waals surface area contributed by atoms with Gasteiger partial charge in [0.25, 0.3) is 0 Å². The van der Waals surface area contributed by atoms with Crippen LogP contribution in [0.3, 0.4) is 0 Å². The van der Waals surface area contributed by atoms with Gasteiger partial charge in [-0.3, -0.25) is 0 Å². The van der Waals surface area contributed by atoms with Gasteiger partial charge in [-0.25, -0.2) is 4.98 Å². The molecule has 22 heavy (non-hydrogen) atoms. The molecular weight excluding hydrogens is 317 g/mol. The summed E-state index contributed by atoms with van der Waals surface area (Å²) in [5.41, 5.74) is 2.29. The molecule has 0 spiro atoms. The Labute approximate surface area is 140 Å². The largest absolute Gasteiger partial charge is 0.349 e. The number of aryl methyl sites for hydroxylation is 1. The molecule has 0 amide bonds. The minimum Gasteiger partial charge on any atom is -0.349 e. The molecule has 2 aromatic heterocycles. The molecule has 3 aromatic rings. The van der Waals surface area contributed by atoms with E-state index in [0.29, 0.717) is 10.0 Å². The van der Waals surface area contributed by atoms with Crippen LogP contribution in [-0.2, 0) is 6.54 Å². The fraction of sp³-hybridized carbons (Fsp3) is 0.235. The van der Waals surface area contributed by atoms with Crippen LogP contribution in [-0.4, -0.2) is 14.1 Å². The minimum atomic E-state index is 0.0267. The molecule has 0 saturated heterocycles. The van der Waals surface area contributed by atoms with E-state index in [1.807, 2.05) is 30.7 Å². The fourth-order valence-electron chi connectivity index (χ4n) is 2.72. The van der Waals surface area contributed by atoms with Crippen molar-refractivity contribution in [3.05, 3.63) is 76.6 Å². The number of aromatic nitrogens is 3. The van der Waals surface area contributed by atoms with Crippen molar-refractivity contribution in [1.82, 2.24) is 14.1 Å². The molecule has 0 bridgehead atoms. The Morgan fingerprint density at radius 3 is 2.68 bits per heavy atom. The van der Waals surface area contributed by atoms with E-state index in [0.717, 1.165) is 18.5 Å². The summed E-state index contributed by atoms with van der Waals surface area (Å²) in [5.74, 6) is 0. The third-order valence-electron chi connectivity index (χ3n) is 3.69. The van der Waals surface area contributed by atoms with Gasteiger partial charge in [0.1, 0.15) is 0 Å². The maximum Gasteiger partial charge on any atom is 0.0998 e. The monoisotopic (exact) mass is 333 g/mol. The predicted molar refractivity (Wildman–Crippen MR) is 90.7 cm³/mol. The van der Waals surface area contributed by atoms with Crippen LogP contribution in [0.2, 0.25) is 10.0 Å². The normalized spacial score (nSPS) is 12.5. The zero-order chi connectivity index (χ0) is 15.5. The van der Waals surface area contributed by atoms with Crippen LogP contribution in [0.15, 0.2) is 55.2 Å². The Balaban J connectivity index is 2.12. The van der Waals surface area contributed by atoms with Crippen LogP contribution in [0, 0.1) is 0 Å². The molecule has 114 valence electrons. The predicted octanol–water partition coefficient (Wildman–Crippen LogP) is 5.04. The molecule has 1 atom stereocenters. The first kappa shape index (κ1) is 15.2. The van der Waals surface area contributed by atoms with Gasteiger partial charge in [0, 0.05) is 30.8 Å². The summed E-state index contributed by atoms with van der Waals surface area (Å²) in [6.07, 6.45) is 8.78. The Hall–Kier alpha value is -1.71. The Morgan fingerprint density at radius 2 is 2.00 bits per heavy atom. The number of imidazole rings is 1. The maximum atomic E-state index is 6.22. The second-order valence-corrected chi connectivity index (χ2v) is 6.03. The summed E-state index contributed by atoms with van der Waals surface area (Å²) in [6.45, 7) is 3.16. The number of benzene rings is 1. The van der Waals surface area contributed by atoms with Crippen LogP contribution in [0.25, 0.3) is 0 Å². The highest BCUT2D eigenvalue weighted by atomic mass is 35.5. The zero-order valence-electron chi connectivity index (χ0n) is 12.3. The molecule has 3 rings (SSSR count). The molecule has 0 radical (unpaired) electrons. The van der Waals surface area contributed by atoms with E-state index < -0.39 is 0 Å². The van der Waals surface area contributed by atoms with Crippen molar-refractivity contribution in [2.24, 2.45) is 0 Å². The van der Waals surface area contributed by atoms with Gasteiger partial charge >= 0.3 is 0 Å². The molecule has 0 aliphatic rings. The zero-order valence-corrected chi connectivity index (χ0v) is 13.8. The van der Waals surface area contributed by atoms with Crippen LogP contribution in [0.4, 0.5) is 0 Å². The first-order valence-corrected chi connectivity index (χ1v) is 8.03. The molecule has 1 unspecified atom stereocenters. The fourth-order valence-corrected chi connectivity index (χ4v) is 3.03. The van der Waals surface area contributed by atoms with Crippen molar-refractivity contribution in [3.63, 3.8) is 0 Å². The second-order valence-electron chi connectivity index (χ2n) is 5.21. The van der Waals surface area contributed by atoms with E-state index in [-0.39, 0.29) is 6.04 Å². The highest BCUT2D eigenvalue weighted by Gasteiger charge is 2.20. The van der Waals surface area contributed by atoms with Crippen LogP contribution in [0.1, 0.15) is 30.6 Å². The average Bonchev–Trinajstić information content (AvgIpc) is 3.17. The third kappa shape index (κ3) is 2.92. The molecule has 0 fully saturated rings. The van der Waals surface area contributed by atoms with E-state index >= 15 is 0 Å². The molecule has 3 nitrogen and oxygen atoms in total. The van der Waals surface area contributed by atoms with Crippen LogP contribution in [0.5, 0.6) is 0 Å². The molecular formula is C17H17Cl2N3. The van der Waals surface area contributed by atoms with Gasteiger partial charge in [0.2, 0.25) is 0 Å². The summed E-state index contributed by atoms with van der Waals surface area (Å²) in [6, 6.07) is 10.0. The number of hydrogen-bond acceptors (Lipinski definition) is 1. The maximum absolute atomic E-state index is 6.22. The topological polar surface area (TPSA) is 22.8 Å². The third-order valence-corrected chi connectivity index (χ3v) is 4.43. The quantitative estimate of drug-likeness (QED) is 0.641. The lowest BCUT2D eigenvalue weighted by atomic mass is 10.0. The van der Waals surface area contributed by atoms with Crippen LogP contribution >= 0.6 is 23.2 Å². The Morgan fingerprint density at radius 1 is 1.14 bits per heavy atom. The van der Waals surface area contributed by atoms with E-state index in [1.54, 1.807) is 6.20 Å². The molecule has 2 heterocycles. The lowest BCUT2D eigenvalue weighted by molar-refractivity contribution is 0.578. The van der Waals surface area contributed by atoms with Gasteiger partial charge in [-0.2, -0.15) is 0 Å². The van der Waals surface area contributed by atoms with E-state index in [9.17, 15) is 0 Å². The summed E-state index contributed by atoms with van der Waals surface area (Å²) in [7, 11) is 0. The smallest absolute Gasteiger partial charge is 0.0998 e. The van der Waals surface area contributed by atoms with Gasteiger partial charge in [-0.05, 0) is 36.2 Å². The lowest BCUT2D eigenvalue weighted by Gasteiger charge is -2.22. The van der Waals surface area contributed by atoms with Crippen molar-refractivity contribution in [2.45, 2.75) is 25.9 Å². The lowest BCUT2D eigenvalue weighted by Crippen LogP contribution is -2.15. The molecule has 0 saturated carbocycles. The van der Waals surface area contributed by atoms with E-state index in [2.05, 4.69) is 39.4 Å². The van der Waals surface area contributed by atoms with Crippen molar-refractivity contribution >= 4 is 23.2 Å². The Bertz CT molecular complexity index is 747. The van der Waals surface area contributed by atoms with Crippen molar-refractivity contribution < 1.29 is 0 Å². The summed E-state index contributed by atoms with van der Waals surface area (Å²) in [5, 5.41) is 1.14. The summed E-state index contributed by atoms with van der Waals surface area (Å²) >= 11 is 12.3. The second kappa shape index (κ2) is 6.59. The van der Waals surface area contributed by atoms with Gasteiger partial charge in [-0.1, -0.05) is 36.2 Å². The van der Waals surface area contributed by atoms with Gasteiger partial charge < -0.3 is 9.13 Å². The first-order chi connectivity index (χ1) is 10.7. The number of halogens is 2. The standard InChI is InChI=1S/C17H17Cl2N3/c1-2-8-21-9-3-4-16(21)17(22-10-7-20-12-22)13-5-6-14(18)15(19)11-13/h3-7,9-12,17H,2,8H2,1H3. The van der Waals surface area contributed by atoms with Crippen molar-refractivity contribution in [1.29, 1.82) is 0 Å². The highest BCUT2D eigenvalue weighted by Crippen LogP contribution is 2.31. The molecule has 0 N–H and O–H groups in total. The SMILES string of the molecule is CCCn1cccc1C(c1ccc(Cl)c(Cl)c1)n1ccnc1. The van der Waals surface area contributed by atoms with Gasteiger partial charge in [0.15, 0.2) is 0 Å². The van der Waals surface area contributed by atoms with Crippen molar-refractivity contribution in [2.75, 3.05) is 0 Å². The first-order valence-electron chi connectivity index (χ1n) is 7.28. The molecule has 0 aliphatic heterocycles. The van der Waals surface area contributed by atoms with E-state index in [1.165, 1.54) is 5.69 Å². The van der Waals surface area contributed by atoms with Gasteiger partial charge in [0.05, 0.1) is 22.4 Å². The Kier molecular flexibility index (Phi) is 4.55. The highest BCUT2D eigenvalue weighted by molar-refractivity contribution is 6.42. The average molecular weight is 334 g/mol. The minimum absolute atomic E-state index is 0.0267. The molecule has 0 aliphatic carbocycles. The van der Waals surface area contributed by atoms with Crippen molar-refractivity contribution in [3.8, 4) is 0 Å². The van der Waals surface area contributed by atoms with E-state index in [4.69, 9.17) is 23.2 Å². The molecule has 1 aromatic carbocycles. The number of rotatable bonds is 5. The molecule has 5 heteroatoms. The van der Waals surface area contributed by atoms with Crippen LogP contribution < -0.4 is 0 Å². The summed E-state index contributed by atoms with van der Waals surface area (Å²) < 4.78 is 4.36. The number of hydrogen-bond donors (Lipinski definition) is 0. The van der Waals surface area contributed by atoms with Gasteiger partial charge in [-0.15, -0.1) is 0 Å².